The number of aromatic hydroxyl groups is 1. The molecule has 12 rings (SSSR count). The summed E-state index contributed by atoms with van der Waals surface area (Å²) in [7, 11) is 1.59. The largest absolute Gasteiger partial charge is 0.504 e. The molecule has 0 aliphatic carbocycles. The predicted octanol–water partition coefficient (Wildman–Crippen LogP) is 5.06. The number of aromatic nitrogens is 1. The van der Waals surface area contributed by atoms with E-state index in [1.54, 1.807) is 18.9 Å². The number of thioether (sulfide) groups is 1. The number of aromatic amines is 1. The zero-order valence-corrected chi connectivity index (χ0v) is 33.6. The predicted molar refractivity (Wildman–Crippen MR) is 210 cm³/mol. The normalized spacial score (nSPS) is 33.2. The molecule has 3 aromatic carbocycles. The summed E-state index contributed by atoms with van der Waals surface area (Å²) in [6.45, 7) is 10.4. The van der Waals surface area contributed by atoms with Crippen molar-refractivity contribution in [2.45, 2.75) is 93.5 Å². The highest BCUT2D eigenvalue weighted by atomic mass is 32.2. The van der Waals surface area contributed by atoms with Crippen molar-refractivity contribution < 1.29 is 43.5 Å². The Morgan fingerprint density at radius 1 is 1.09 bits per heavy atom. The van der Waals surface area contributed by atoms with Crippen molar-refractivity contribution in [1.82, 2.24) is 20.1 Å². The summed E-state index contributed by atoms with van der Waals surface area (Å²) >= 11 is 1.60. The molecule has 57 heavy (non-hydrogen) atoms. The smallest absolute Gasteiger partial charge is 0.333 e. The minimum absolute atomic E-state index is 0.00472. The average Bonchev–Trinajstić information content (AvgIpc) is 3.93. The van der Waals surface area contributed by atoms with E-state index >= 15 is 4.79 Å². The van der Waals surface area contributed by atoms with E-state index in [-0.39, 0.29) is 43.6 Å². The van der Waals surface area contributed by atoms with Crippen molar-refractivity contribution in [1.29, 1.82) is 0 Å². The number of nitrogens with one attached hydrogen (secondary N) is 2. The van der Waals surface area contributed by atoms with Crippen LogP contribution in [0.15, 0.2) is 30.3 Å². The topological polar surface area (TPSA) is 155 Å². The number of nitrogens with zero attached hydrogens (tertiary/aromatic N) is 2. The Labute approximate surface area is 333 Å². The number of carbonyl (C=O) groups excluding carboxylic acids is 2. The molecule has 8 aliphatic rings. The van der Waals surface area contributed by atoms with Gasteiger partial charge in [-0.3, -0.25) is 19.9 Å². The molecule has 13 nitrogen and oxygen atoms in total. The second-order valence-electron chi connectivity index (χ2n) is 17.4. The molecular formula is C43H46N4O9S. The third-order valence-electron chi connectivity index (χ3n) is 14.2. The van der Waals surface area contributed by atoms with Crippen LogP contribution in [0.5, 0.6) is 28.7 Å². The van der Waals surface area contributed by atoms with Crippen LogP contribution >= 0.6 is 11.8 Å². The number of hydrogen-bond acceptors (Lipinski definition) is 13. The molecule has 1 aromatic heterocycles. The number of rotatable bonds is 3. The fraction of sp³-hybridized carbons (Fsp3) is 0.488. The van der Waals surface area contributed by atoms with E-state index < -0.39 is 45.9 Å². The highest BCUT2D eigenvalue weighted by Gasteiger charge is 2.71. The molecule has 4 N–H and O–H groups in total. The number of esters is 2. The van der Waals surface area contributed by atoms with Crippen LogP contribution in [0.3, 0.4) is 0 Å². The van der Waals surface area contributed by atoms with Crippen molar-refractivity contribution in [2.24, 2.45) is 0 Å². The van der Waals surface area contributed by atoms with E-state index in [9.17, 15) is 15.0 Å². The Kier molecular flexibility index (Phi) is 7.39. The van der Waals surface area contributed by atoms with Gasteiger partial charge in [-0.2, -0.15) is 0 Å². The van der Waals surface area contributed by atoms with Gasteiger partial charge < -0.3 is 38.9 Å². The molecule has 3 fully saturated rings. The number of aliphatic hydroxyl groups is 1. The number of piperazine rings is 1. The maximum atomic E-state index is 15.1. The van der Waals surface area contributed by atoms with Crippen LogP contribution in [0.25, 0.3) is 10.9 Å². The van der Waals surface area contributed by atoms with Crippen molar-refractivity contribution in [3.05, 3.63) is 75.0 Å². The molecule has 0 radical (unpaired) electrons. The number of para-hydroxylation sites is 1. The van der Waals surface area contributed by atoms with Crippen molar-refractivity contribution in [3.63, 3.8) is 0 Å². The summed E-state index contributed by atoms with van der Waals surface area (Å²) in [5.74, 6) is 1.44. The number of ether oxygens (including phenoxy) is 5. The van der Waals surface area contributed by atoms with Crippen LogP contribution in [-0.2, 0) is 31.8 Å². The first-order valence-electron chi connectivity index (χ1n) is 19.7. The molecule has 9 heterocycles. The number of benzene rings is 3. The lowest BCUT2D eigenvalue weighted by Gasteiger charge is -2.60. The zero-order valence-electron chi connectivity index (χ0n) is 32.8. The van der Waals surface area contributed by atoms with Crippen molar-refractivity contribution in [2.75, 3.05) is 39.4 Å². The molecule has 0 saturated carbocycles. The zero-order chi connectivity index (χ0) is 39.5. The molecule has 14 heteroatoms. The van der Waals surface area contributed by atoms with Crippen LogP contribution in [0.1, 0.15) is 89.2 Å². The second-order valence-corrected chi connectivity index (χ2v) is 18.5. The van der Waals surface area contributed by atoms with Gasteiger partial charge in [0.2, 0.25) is 6.79 Å². The maximum Gasteiger partial charge on any atom is 0.333 e. The van der Waals surface area contributed by atoms with Gasteiger partial charge in [0.1, 0.15) is 12.4 Å². The molecule has 3 saturated heterocycles. The van der Waals surface area contributed by atoms with Gasteiger partial charge in [-0.25, -0.2) is 4.79 Å². The molecule has 4 bridgehead atoms. The molecule has 2 unspecified atom stereocenters. The molecule has 298 valence electrons. The number of aliphatic hydroxyl groups excluding tert-OH is 1. The van der Waals surface area contributed by atoms with E-state index in [0.717, 1.165) is 56.4 Å². The van der Waals surface area contributed by atoms with Crippen LogP contribution < -0.4 is 24.3 Å². The minimum atomic E-state index is -1.36. The van der Waals surface area contributed by atoms with E-state index in [2.05, 4.69) is 40.0 Å². The fourth-order valence-corrected chi connectivity index (χ4v) is 13.9. The van der Waals surface area contributed by atoms with Gasteiger partial charge >= 0.3 is 11.9 Å². The fourth-order valence-electron chi connectivity index (χ4n) is 12.3. The summed E-state index contributed by atoms with van der Waals surface area (Å²) in [6.07, 6.45) is 1.29. The lowest BCUT2D eigenvalue weighted by Crippen LogP contribution is -2.67. The second kappa shape index (κ2) is 11.8. The number of fused-ring (bicyclic) bond motifs is 11. The quantitative estimate of drug-likeness (QED) is 0.162. The van der Waals surface area contributed by atoms with E-state index in [4.69, 9.17) is 23.7 Å². The van der Waals surface area contributed by atoms with Crippen LogP contribution in [0, 0.1) is 13.8 Å². The van der Waals surface area contributed by atoms with Crippen LogP contribution in [0.4, 0.5) is 0 Å². The Morgan fingerprint density at radius 2 is 1.88 bits per heavy atom. The monoisotopic (exact) mass is 794 g/mol. The summed E-state index contributed by atoms with van der Waals surface area (Å²) in [4.78, 5) is 36.9. The minimum Gasteiger partial charge on any atom is -0.504 e. The standard InChI is InChI=1S/C43H46N4O9S/c1-19-11-25-28(33(50)34(19)52-6)31-32-38-30-29(37-36(54-18-55-37)20(2)35(30)56-21(3)49)27(47(32)41(4)15-42(25,5)46(31)16-41)14-53-40(51)43(17-57-38)39-24(12-22(13-48)45-43)23-9-7-8-10-26(23)44-39/h7-11,22,27,31-32,38,44-45,48,50H,12-18H2,1-6H3/t22-,27+,31-,32-,38-,41?,42?,43-/m1/s1. The molecule has 4 aromatic rings. The van der Waals surface area contributed by atoms with Crippen molar-refractivity contribution >= 4 is 34.6 Å². The summed E-state index contributed by atoms with van der Waals surface area (Å²) in [5, 5.41) is 27.1. The Hall–Kier alpha value is -4.47. The Bertz CT molecular complexity index is 2470. The van der Waals surface area contributed by atoms with Gasteiger partial charge in [-0.1, -0.05) is 18.2 Å². The number of phenolic OH excluding ortho intramolecular Hbond substituents is 1. The molecular weight excluding hydrogens is 749 g/mol. The highest BCUT2D eigenvalue weighted by molar-refractivity contribution is 7.99. The number of phenols is 1. The molecule has 8 aliphatic heterocycles. The molecule has 1 spiro atoms. The van der Waals surface area contributed by atoms with Gasteiger partial charge in [0, 0.05) is 75.5 Å². The van der Waals surface area contributed by atoms with Gasteiger partial charge in [0.25, 0.3) is 0 Å². The first-order chi connectivity index (χ1) is 27.3. The number of carbonyl (C=O) groups is 2. The van der Waals surface area contributed by atoms with Gasteiger partial charge in [-0.15, -0.1) is 11.8 Å². The summed E-state index contributed by atoms with van der Waals surface area (Å²) in [5.41, 5.74) is 5.51. The summed E-state index contributed by atoms with van der Waals surface area (Å²) in [6, 6.07) is 8.62. The van der Waals surface area contributed by atoms with Crippen molar-refractivity contribution in [3.8, 4) is 28.7 Å². The lowest BCUT2D eigenvalue weighted by atomic mass is 9.72. The molecule has 0 amide bonds. The SMILES string of the molecule is COc1c(C)cc2c(c1O)[C@@H]1[C@@H]3[C@@H]4SC[C@]5(N[C@@H](CO)Cc6c5[nH]c5ccccc65)C(=O)OC[C@@H](c5c6c(c(C)c(OC(C)=O)c54)OCO6)N3C3(C)CN1C2(C)C3. The Balaban J connectivity index is 1.19. The first kappa shape index (κ1) is 35.7. The van der Waals surface area contributed by atoms with E-state index in [0.29, 0.717) is 41.5 Å². The maximum absolute atomic E-state index is 15.1. The van der Waals surface area contributed by atoms with Crippen LogP contribution in [0.2, 0.25) is 0 Å². The van der Waals surface area contributed by atoms with Gasteiger partial charge in [0.05, 0.1) is 36.7 Å². The van der Waals surface area contributed by atoms with Gasteiger partial charge in [-0.05, 0) is 69.4 Å². The van der Waals surface area contributed by atoms with E-state index in [1.165, 1.54) is 6.92 Å². The number of H-pyrrole nitrogens is 1. The highest BCUT2D eigenvalue weighted by Crippen LogP contribution is 2.71. The third-order valence-corrected chi connectivity index (χ3v) is 15.7. The number of methoxy groups -OCH3 is 1. The average molecular weight is 795 g/mol. The van der Waals surface area contributed by atoms with E-state index in [1.807, 2.05) is 38.1 Å². The summed E-state index contributed by atoms with van der Waals surface area (Å²) < 4.78 is 31.2. The first-order valence-corrected chi connectivity index (χ1v) is 20.8. The van der Waals surface area contributed by atoms with Gasteiger partial charge in [0.15, 0.2) is 28.5 Å². The molecule has 8 atom stereocenters. The number of hydrogen-bond donors (Lipinski definition) is 4. The Morgan fingerprint density at radius 3 is 2.65 bits per heavy atom. The lowest BCUT2D eigenvalue weighted by molar-refractivity contribution is -0.158. The third kappa shape index (κ3) is 4.40. The number of aryl methyl sites for hydroxylation is 1. The van der Waals surface area contributed by atoms with Crippen LogP contribution in [-0.4, -0.2) is 94.0 Å².